The van der Waals surface area contributed by atoms with Crippen LogP contribution in [0.4, 0.5) is 13.2 Å². The SMILES string of the molecule is FC(F)(F)Sc1ccc2[nH]ncc2c1. The van der Waals surface area contributed by atoms with E-state index in [1.165, 1.54) is 18.3 Å². The highest BCUT2D eigenvalue weighted by molar-refractivity contribution is 8.00. The molecule has 1 heterocycles. The quantitative estimate of drug-likeness (QED) is 0.745. The Morgan fingerprint density at radius 1 is 1.29 bits per heavy atom. The van der Waals surface area contributed by atoms with Crippen LogP contribution in [-0.2, 0) is 0 Å². The van der Waals surface area contributed by atoms with E-state index >= 15 is 0 Å². The van der Waals surface area contributed by atoms with E-state index in [-0.39, 0.29) is 16.7 Å². The Morgan fingerprint density at radius 2 is 2.07 bits per heavy atom. The van der Waals surface area contributed by atoms with Crippen LogP contribution in [0.15, 0.2) is 29.3 Å². The van der Waals surface area contributed by atoms with Crippen molar-refractivity contribution in [3.63, 3.8) is 0 Å². The highest BCUT2D eigenvalue weighted by Gasteiger charge is 2.29. The molecule has 0 aliphatic heterocycles. The smallest absolute Gasteiger partial charge is 0.278 e. The molecule has 14 heavy (non-hydrogen) atoms. The molecular weight excluding hydrogens is 213 g/mol. The largest absolute Gasteiger partial charge is 0.446 e. The number of H-pyrrole nitrogens is 1. The van der Waals surface area contributed by atoms with E-state index in [1.807, 2.05) is 0 Å². The fourth-order valence-corrected chi connectivity index (χ4v) is 1.71. The Balaban J connectivity index is 2.35. The molecule has 0 fully saturated rings. The van der Waals surface area contributed by atoms with Gasteiger partial charge < -0.3 is 0 Å². The van der Waals surface area contributed by atoms with Crippen molar-refractivity contribution in [3.8, 4) is 0 Å². The van der Waals surface area contributed by atoms with E-state index < -0.39 is 5.51 Å². The molecule has 0 unspecified atom stereocenters. The van der Waals surface area contributed by atoms with Crippen molar-refractivity contribution in [2.75, 3.05) is 0 Å². The zero-order chi connectivity index (χ0) is 10.2. The zero-order valence-corrected chi connectivity index (χ0v) is 7.62. The van der Waals surface area contributed by atoms with Crippen molar-refractivity contribution in [1.82, 2.24) is 10.2 Å². The van der Waals surface area contributed by atoms with Crippen molar-refractivity contribution in [3.05, 3.63) is 24.4 Å². The minimum Gasteiger partial charge on any atom is -0.278 e. The molecule has 2 rings (SSSR count). The van der Waals surface area contributed by atoms with Crippen LogP contribution in [0.5, 0.6) is 0 Å². The molecule has 0 saturated heterocycles. The molecule has 0 amide bonds. The van der Waals surface area contributed by atoms with Crippen molar-refractivity contribution in [2.24, 2.45) is 0 Å². The number of thioether (sulfide) groups is 1. The summed E-state index contributed by atoms with van der Waals surface area (Å²) in [5.74, 6) is 0. The maximum atomic E-state index is 12.0. The van der Waals surface area contributed by atoms with Gasteiger partial charge in [-0.2, -0.15) is 18.3 Å². The third-order valence-electron chi connectivity index (χ3n) is 1.65. The van der Waals surface area contributed by atoms with E-state index in [0.29, 0.717) is 5.39 Å². The summed E-state index contributed by atoms with van der Waals surface area (Å²) in [4.78, 5) is 0.173. The van der Waals surface area contributed by atoms with Gasteiger partial charge in [0.25, 0.3) is 0 Å². The number of rotatable bonds is 1. The van der Waals surface area contributed by atoms with E-state index in [4.69, 9.17) is 0 Å². The highest BCUT2D eigenvalue weighted by Crippen LogP contribution is 2.37. The number of fused-ring (bicyclic) bond motifs is 1. The highest BCUT2D eigenvalue weighted by atomic mass is 32.2. The third kappa shape index (κ3) is 2.01. The normalized spacial score (nSPS) is 12.2. The zero-order valence-electron chi connectivity index (χ0n) is 6.80. The van der Waals surface area contributed by atoms with Crippen molar-refractivity contribution in [2.45, 2.75) is 10.4 Å². The second-order valence-electron chi connectivity index (χ2n) is 2.67. The molecule has 2 nitrogen and oxygen atoms in total. The lowest BCUT2D eigenvalue weighted by molar-refractivity contribution is -0.0328. The standard InChI is InChI=1S/C8H5F3N2S/c9-8(10,11)14-6-1-2-7-5(3-6)4-12-13-7/h1-4H,(H,12,13). The van der Waals surface area contributed by atoms with E-state index in [0.717, 1.165) is 5.52 Å². The first kappa shape index (κ1) is 9.39. The van der Waals surface area contributed by atoms with Crippen LogP contribution in [0.3, 0.4) is 0 Å². The second kappa shape index (κ2) is 3.20. The number of aromatic nitrogens is 2. The van der Waals surface area contributed by atoms with Crippen LogP contribution < -0.4 is 0 Å². The number of hydrogen-bond acceptors (Lipinski definition) is 2. The number of nitrogens with zero attached hydrogens (tertiary/aromatic N) is 1. The lowest BCUT2D eigenvalue weighted by atomic mass is 10.3. The Bertz CT molecular complexity index is 449. The Morgan fingerprint density at radius 3 is 2.79 bits per heavy atom. The fourth-order valence-electron chi connectivity index (χ4n) is 1.12. The summed E-state index contributed by atoms with van der Waals surface area (Å²) in [5.41, 5.74) is -3.51. The van der Waals surface area contributed by atoms with Crippen LogP contribution in [0.25, 0.3) is 10.9 Å². The first-order chi connectivity index (χ1) is 6.54. The first-order valence-electron chi connectivity index (χ1n) is 3.73. The predicted molar refractivity (Wildman–Crippen MR) is 48.0 cm³/mol. The minimum atomic E-state index is -4.24. The van der Waals surface area contributed by atoms with Gasteiger partial charge in [-0.3, -0.25) is 5.10 Å². The maximum absolute atomic E-state index is 12.0. The summed E-state index contributed by atoms with van der Waals surface area (Å²) in [7, 11) is 0. The molecular formula is C8H5F3N2S. The molecule has 0 spiro atoms. The average molecular weight is 218 g/mol. The molecule has 74 valence electrons. The third-order valence-corrected chi connectivity index (χ3v) is 2.37. The van der Waals surface area contributed by atoms with Crippen LogP contribution in [0.2, 0.25) is 0 Å². The lowest BCUT2D eigenvalue weighted by Crippen LogP contribution is -1.98. The van der Waals surface area contributed by atoms with Crippen molar-refractivity contribution in [1.29, 1.82) is 0 Å². The van der Waals surface area contributed by atoms with Crippen LogP contribution in [-0.4, -0.2) is 15.7 Å². The van der Waals surface area contributed by atoms with Gasteiger partial charge >= 0.3 is 5.51 Å². The number of halogens is 3. The van der Waals surface area contributed by atoms with E-state index in [2.05, 4.69) is 10.2 Å². The van der Waals surface area contributed by atoms with Gasteiger partial charge in [0, 0.05) is 10.3 Å². The van der Waals surface area contributed by atoms with Gasteiger partial charge in [0.2, 0.25) is 0 Å². The van der Waals surface area contributed by atoms with Gasteiger partial charge in [-0.15, -0.1) is 0 Å². The van der Waals surface area contributed by atoms with Crippen molar-refractivity contribution >= 4 is 22.7 Å². The maximum Gasteiger partial charge on any atom is 0.446 e. The molecule has 1 aromatic heterocycles. The molecule has 0 atom stereocenters. The molecule has 0 aliphatic rings. The van der Waals surface area contributed by atoms with Gasteiger partial charge in [-0.25, -0.2) is 0 Å². The van der Waals surface area contributed by atoms with Crippen LogP contribution in [0, 0.1) is 0 Å². The summed E-state index contributed by atoms with van der Waals surface area (Å²) >= 11 is -0.123. The van der Waals surface area contributed by atoms with Gasteiger partial charge in [-0.05, 0) is 30.0 Å². The van der Waals surface area contributed by atoms with Crippen molar-refractivity contribution < 1.29 is 13.2 Å². The van der Waals surface area contributed by atoms with Gasteiger partial charge in [0.1, 0.15) is 0 Å². The molecule has 0 radical (unpaired) electrons. The number of alkyl halides is 3. The second-order valence-corrected chi connectivity index (χ2v) is 3.81. The summed E-state index contributed by atoms with van der Waals surface area (Å²) in [6, 6.07) is 4.45. The van der Waals surface area contributed by atoms with Crippen LogP contribution >= 0.6 is 11.8 Å². The minimum absolute atomic E-state index is 0.123. The Kier molecular flexibility index (Phi) is 2.14. The molecule has 6 heteroatoms. The molecule has 0 bridgehead atoms. The summed E-state index contributed by atoms with van der Waals surface area (Å²) < 4.78 is 36.0. The summed E-state index contributed by atoms with van der Waals surface area (Å²) in [6.07, 6.45) is 1.50. The number of nitrogens with one attached hydrogen (secondary N) is 1. The lowest BCUT2D eigenvalue weighted by Gasteiger charge is -2.04. The number of benzene rings is 1. The molecule has 1 aromatic carbocycles. The topological polar surface area (TPSA) is 28.7 Å². The Hall–Kier alpha value is -1.17. The molecule has 0 aliphatic carbocycles. The molecule has 2 aromatic rings. The average Bonchev–Trinajstić information content (AvgIpc) is 2.47. The van der Waals surface area contributed by atoms with Gasteiger partial charge in [0.05, 0.1) is 11.7 Å². The monoisotopic (exact) mass is 218 g/mol. The van der Waals surface area contributed by atoms with Crippen LogP contribution in [0.1, 0.15) is 0 Å². The number of hydrogen-bond donors (Lipinski definition) is 1. The predicted octanol–water partition coefficient (Wildman–Crippen LogP) is 3.17. The molecule has 0 saturated carbocycles. The Labute approximate surface area is 81.5 Å². The first-order valence-corrected chi connectivity index (χ1v) is 4.55. The fraction of sp³-hybridized carbons (Fsp3) is 0.125. The van der Waals surface area contributed by atoms with Gasteiger partial charge in [-0.1, -0.05) is 0 Å². The van der Waals surface area contributed by atoms with Gasteiger partial charge in [0.15, 0.2) is 0 Å². The summed E-state index contributed by atoms with van der Waals surface area (Å²) in [6.45, 7) is 0. The van der Waals surface area contributed by atoms with E-state index in [9.17, 15) is 13.2 Å². The molecule has 1 N–H and O–H groups in total. The number of aromatic amines is 1. The summed E-state index contributed by atoms with van der Waals surface area (Å²) in [5, 5.41) is 7.07. The van der Waals surface area contributed by atoms with E-state index in [1.54, 1.807) is 6.07 Å².